The number of hydrogen-bond acceptors (Lipinski definition) is 4. The molecule has 0 spiro atoms. The van der Waals surface area contributed by atoms with Gasteiger partial charge in [-0.2, -0.15) is 0 Å². The highest BCUT2D eigenvalue weighted by atomic mass is 16.7. The summed E-state index contributed by atoms with van der Waals surface area (Å²) in [6.07, 6.45) is 0.898. The Labute approximate surface area is 77.9 Å². The summed E-state index contributed by atoms with van der Waals surface area (Å²) in [5.41, 5.74) is 0. The Morgan fingerprint density at radius 1 is 1.46 bits per heavy atom. The van der Waals surface area contributed by atoms with Crippen molar-refractivity contribution in [2.24, 2.45) is 5.11 Å². The largest absolute Gasteiger partial charge is 0.600 e. The van der Waals surface area contributed by atoms with Crippen LogP contribution < -0.4 is 0 Å². The molecule has 1 atom stereocenters. The summed E-state index contributed by atoms with van der Waals surface area (Å²) in [5, 5.41) is 14.5. The van der Waals surface area contributed by atoms with Crippen molar-refractivity contribution >= 4 is 0 Å². The molecule has 76 valence electrons. The quantitative estimate of drug-likeness (QED) is 0.370. The Balaban J connectivity index is 2.61. The predicted octanol–water partition coefficient (Wildman–Crippen LogP) is 1.12. The molecule has 1 aliphatic rings. The maximum atomic E-state index is 10.7. The van der Waals surface area contributed by atoms with Crippen molar-refractivity contribution in [1.82, 2.24) is 0 Å². The van der Waals surface area contributed by atoms with E-state index in [1.807, 2.05) is 6.92 Å². The van der Waals surface area contributed by atoms with Crippen LogP contribution in [0, 0.1) is 5.21 Å². The van der Waals surface area contributed by atoms with Crippen molar-refractivity contribution in [2.45, 2.75) is 32.1 Å². The molecule has 0 N–H and O–H groups in total. The molecule has 1 saturated heterocycles. The van der Waals surface area contributed by atoms with Gasteiger partial charge in [-0.3, -0.25) is 0 Å². The Hall–Kier alpha value is -0.680. The van der Waals surface area contributed by atoms with Gasteiger partial charge in [0.15, 0.2) is 18.9 Å². The lowest BCUT2D eigenvalue weighted by Crippen LogP contribution is -2.46. The maximum Gasteiger partial charge on any atom is 0.193 e. The van der Waals surface area contributed by atoms with Gasteiger partial charge in [-0.25, -0.2) is 0 Å². The molecule has 1 aliphatic heterocycles. The van der Waals surface area contributed by atoms with Crippen LogP contribution in [0.1, 0.15) is 20.3 Å². The average molecular weight is 188 g/mol. The third-order valence-electron chi connectivity index (χ3n) is 2.16. The van der Waals surface area contributed by atoms with Crippen molar-refractivity contribution < 1.29 is 14.3 Å². The minimum absolute atomic E-state index is 0.282. The third kappa shape index (κ3) is 2.63. The van der Waals surface area contributed by atoms with Crippen LogP contribution in [-0.2, 0) is 9.47 Å². The summed E-state index contributed by atoms with van der Waals surface area (Å²) in [5.74, 6) is -0.739. The van der Waals surface area contributed by atoms with Gasteiger partial charge in [0.05, 0.1) is 13.2 Å². The molecule has 1 heterocycles. The summed E-state index contributed by atoms with van der Waals surface area (Å²) in [6.45, 7) is 4.95. The second kappa shape index (κ2) is 4.02. The normalized spacial score (nSPS) is 25.6. The van der Waals surface area contributed by atoms with E-state index >= 15 is 0 Å². The number of nitrogens with zero attached hydrogens (tertiary/aromatic N) is 2. The molecule has 0 bridgehead atoms. The van der Waals surface area contributed by atoms with Crippen molar-refractivity contribution in [3.8, 4) is 0 Å². The zero-order chi connectivity index (χ0) is 9.90. The van der Waals surface area contributed by atoms with Gasteiger partial charge >= 0.3 is 0 Å². The molecule has 0 aromatic heterocycles. The molecule has 0 aliphatic carbocycles. The summed E-state index contributed by atoms with van der Waals surface area (Å²) in [6, 6.07) is -0.282. The van der Waals surface area contributed by atoms with Crippen molar-refractivity contribution in [2.75, 3.05) is 20.3 Å². The molecule has 1 fully saturated rings. The van der Waals surface area contributed by atoms with Crippen LogP contribution in [0.25, 0.3) is 0 Å². The molecule has 0 radical (unpaired) electrons. The van der Waals surface area contributed by atoms with Crippen molar-refractivity contribution in [3.05, 3.63) is 5.21 Å². The van der Waals surface area contributed by atoms with E-state index in [1.54, 1.807) is 6.92 Å². The van der Waals surface area contributed by atoms with Crippen LogP contribution in [-0.4, -0.2) is 37.0 Å². The number of rotatable bonds is 2. The fourth-order valence-electron chi connectivity index (χ4n) is 1.24. The van der Waals surface area contributed by atoms with Gasteiger partial charge in [-0.15, -0.1) is 0 Å². The Morgan fingerprint density at radius 2 is 2.00 bits per heavy atom. The molecular weight excluding hydrogens is 172 g/mol. The minimum Gasteiger partial charge on any atom is -0.600 e. The Bertz CT molecular complexity index is 196. The van der Waals surface area contributed by atoms with Crippen LogP contribution in [0.3, 0.4) is 0 Å². The molecule has 5 heteroatoms. The lowest BCUT2D eigenvalue weighted by atomic mass is 10.1. The topological polar surface area (TPSA) is 56.9 Å². The summed E-state index contributed by atoms with van der Waals surface area (Å²) in [7, 11) is 1.35. The lowest BCUT2D eigenvalue weighted by molar-refractivity contribution is -0.507. The minimum atomic E-state index is -0.739. The lowest BCUT2D eigenvalue weighted by Gasteiger charge is -2.35. The summed E-state index contributed by atoms with van der Waals surface area (Å²) in [4.78, 5) is 0.539. The molecule has 0 aromatic carbocycles. The number of hydroxylamine groups is 1. The van der Waals surface area contributed by atoms with Crippen LogP contribution in [0.4, 0.5) is 0 Å². The van der Waals surface area contributed by atoms with Crippen LogP contribution in [0.15, 0.2) is 5.11 Å². The molecule has 1 unspecified atom stereocenters. The van der Waals surface area contributed by atoms with E-state index in [-0.39, 0.29) is 6.04 Å². The van der Waals surface area contributed by atoms with E-state index in [4.69, 9.17) is 9.47 Å². The van der Waals surface area contributed by atoms with Gasteiger partial charge in [-0.05, 0) is 25.4 Å². The van der Waals surface area contributed by atoms with Crippen LogP contribution >= 0.6 is 0 Å². The Kier molecular flexibility index (Phi) is 3.22. The van der Waals surface area contributed by atoms with E-state index in [1.165, 1.54) is 7.05 Å². The molecule has 0 aromatic rings. The highest BCUT2D eigenvalue weighted by Crippen LogP contribution is 2.24. The van der Waals surface area contributed by atoms with Crippen LogP contribution in [0.2, 0.25) is 0 Å². The van der Waals surface area contributed by atoms with Gasteiger partial charge in [0.2, 0.25) is 0 Å². The highest BCUT2D eigenvalue weighted by Gasteiger charge is 2.37. The molecule has 0 saturated carbocycles. The van der Waals surface area contributed by atoms with Gasteiger partial charge in [0.25, 0.3) is 0 Å². The molecule has 5 nitrogen and oxygen atoms in total. The van der Waals surface area contributed by atoms with Gasteiger partial charge in [0.1, 0.15) is 0 Å². The number of azo groups is 1. The van der Waals surface area contributed by atoms with E-state index in [2.05, 4.69) is 5.11 Å². The number of hydrogen-bond donors (Lipinski definition) is 0. The molecule has 1 rings (SSSR count). The SMILES string of the molecule is CC(N=[N+](C)[O-])C1(C)OCCCO1. The van der Waals surface area contributed by atoms with Crippen molar-refractivity contribution in [3.63, 3.8) is 0 Å². The van der Waals surface area contributed by atoms with Gasteiger partial charge in [0, 0.05) is 0 Å². The Morgan fingerprint density at radius 3 is 2.46 bits per heavy atom. The first kappa shape index (κ1) is 10.4. The van der Waals surface area contributed by atoms with Gasteiger partial charge < -0.3 is 14.7 Å². The zero-order valence-electron chi connectivity index (χ0n) is 8.32. The van der Waals surface area contributed by atoms with E-state index in [9.17, 15) is 5.21 Å². The summed E-state index contributed by atoms with van der Waals surface area (Å²) < 4.78 is 10.9. The van der Waals surface area contributed by atoms with Crippen LogP contribution in [0.5, 0.6) is 0 Å². The first-order valence-corrected chi connectivity index (χ1v) is 4.44. The molecule has 0 amide bonds. The maximum absolute atomic E-state index is 10.7. The summed E-state index contributed by atoms with van der Waals surface area (Å²) >= 11 is 0. The van der Waals surface area contributed by atoms with E-state index in [0.29, 0.717) is 18.1 Å². The fourth-order valence-corrected chi connectivity index (χ4v) is 1.24. The number of ether oxygens (including phenoxy) is 2. The van der Waals surface area contributed by atoms with Gasteiger partial charge in [-0.1, -0.05) is 4.86 Å². The molecule has 13 heavy (non-hydrogen) atoms. The monoisotopic (exact) mass is 188 g/mol. The third-order valence-corrected chi connectivity index (χ3v) is 2.16. The standard InChI is InChI=1S/C8H16N2O3/c1-7(9-10(3)11)8(2)12-5-4-6-13-8/h7H,4-6H2,1-3H3. The first-order chi connectivity index (χ1) is 6.04. The fraction of sp³-hybridized carbons (Fsp3) is 1.00. The average Bonchev–Trinajstić information content (AvgIpc) is 2.04. The second-order valence-electron chi connectivity index (χ2n) is 3.32. The smallest absolute Gasteiger partial charge is 0.193 e. The first-order valence-electron chi connectivity index (χ1n) is 4.44. The second-order valence-corrected chi connectivity index (χ2v) is 3.32. The van der Waals surface area contributed by atoms with Crippen molar-refractivity contribution in [1.29, 1.82) is 0 Å². The van der Waals surface area contributed by atoms with E-state index in [0.717, 1.165) is 6.42 Å². The zero-order valence-corrected chi connectivity index (χ0v) is 8.32. The van der Waals surface area contributed by atoms with E-state index < -0.39 is 5.79 Å². The molecular formula is C8H16N2O3. The highest BCUT2D eigenvalue weighted by molar-refractivity contribution is 4.77. The predicted molar refractivity (Wildman–Crippen MR) is 46.4 cm³/mol.